The summed E-state index contributed by atoms with van der Waals surface area (Å²) < 4.78 is 6.18. The molecule has 3 aliphatic rings. The first-order valence-electron chi connectivity index (χ1n) is 10.3. The molecule has 0 aromatic carbocycles. The second-order valence-electron chi connectivity index (χ2n) is 8.03. The number of ketones is 1. The molecule has 1 aliphatic carbocycles. The minimum absolute atomic E-state index is 0.147. The molecule has 0 aromatic rings. The normalized spacial score (nSPS) is 30.1. The van der Waals surface area contributed by atoms with E-state index in [1.807, 2.05) is 0 Å². The van der Waals surface area contributed by atoms with E-state index in [-0.39, 0.29) is 6.10 Å². The third-order valence-corrected chi connectivity index (χ3v) is 6.72. The van der Waals surface area contributed by atoms with Crippen molar-refractivity contribution in [2.45, 2.75) is 89.4 Å². The van der Waals surface area contributed by atoms with E-state index in [4.69, 9.17) is 4.74 Å². The summed E-state index contributed by atoms with van der Waals surface area (Å²) in [5.74, 6) is 0.333. The van der Waals surface area contributed by atoms with Crippen LogP contribution in [0.25, 0.3) is 0 Å². The van der Waals surface area contributed by atoms with Crippen molar-refractivity contribution in [1.29, 1.82) is 0 Å². The van der Waals surface area contributed by atoms with Crippen molar-refractivity contribution in [3.8, 4) is 0 Å². The Labute approximate surface area is 147 Å². The van der Waals surface area contributed by atoms with Gasteiger partial charge in [-0.15, -0.1) is 0 Å². The molecule has 1 atom stereocenters. The zero-order valence-electron chi connectivity index (χ0n) is 15.8. The first-order chi connectivity index (χ1) is 11.7. The number of piperazine rings is 1. The molecule has 24 heavy (non-hydrogen) atoms. The maximum atomic E-state index is 12.3. The lowest BCUT2D eigenvalue weighted by Gasteiger charge is -2.41. The molecule has 2 saturated heterocycles. The molecule has 0 spiro atoms. The Morgan fingerprint density at radius 3 is 2.29 bits per heavy atom. The second-order valence-corrected chi connectivity index (χ2v) is 8.03. The Hall–Kier alpha value is -0.450. The highest BCUT2D eigenvalue weighted by atomic mass is 16.5. The van der Waals surface area contributed by atoms with Crippen molar-refractivity contribution < 1.29 is 9.53 Å². The lowest BCUT2D eigenvalue weighted by molar-refractivity contribution is -0.134. The van der Waals surface area contributed by atoms with E-state index in [9.17, 15) is 4.79 Å². The molecule has 0 radical (unpaired) electrons. The molecule has 0 N–H and O–H groups in total. The Balaban J connectivity index is 1.39. The molecular weight excluding hydrogens is 300 g/mol. The first-order valence-corrected chi connectivity index (χ1v) is 10.3. The molecule has 3 rings (SSSR count). The Morgan fingerprint density at radius 2 is 1.71 bits per heavy atom. The summed E-state index contributed by atoms with van der Waals surface area (Å²) in [5.41, 5.74) is -0.468. The molecule has 0 amide bonds. The lowest BCUT2D eigenvalue weighted by Crippen LogP contribution is -2.51. The van der Waals surface area contributed by atoms with E-state index in [0.29, 0.717) is 12.2 Å². The van der Waals surface area contributed by atoms with Crippen molar-refractivity contribution in [3.63, 3.8) is 0 Å². The number of hydrogen-bond acceptors (Lipinski definition) is 4. The van der Waals surface area contributed by atoms with Crippen LogP contribution in [0.4, 0.5) is 0 Å². The molecule has 1 saturated carbocycles. The van der Waals surface area contributed by atoms with Crippen LogP contribution >= 0.6 is 0 Å². The average molecular weight is 337 g/mol. The maximum absolute atomic E-state index is 12.3. The van der Waals surface area contributed by atoms with Gasteiger partial charge in [0.15, 0.2) is 5.78 Å². The van der Waals surface area contributed by atoms with Crippen LogP contribution < -0.4 is 0 Å². The Bertz CT molecular complexity index is 408. The predicted octanol–water partition coefficient (Wildman–Crippen LogP) is 3.24. The van der Waals surface area contributed by atoms with E-state index in [2.05, 4.69) is 23.6 Å². The van der Waals surface area contributed by atoms with Crippen molar-refractivity contribution in [2.24, 2.45) is 0 Å². The number of carbonyl (C=O) groups excluding carboxylic acids is 1. The summed E-state index contributed by atoms with van der Waals surface area (Å²) in [6.45, 7) is 10.1. The number of ether oxygens (including phenoxy) is 1. The van der Waals surface area contributed by atoms with Crippen LogP contribution in [0.1, 0.15) is 71.6 Å². The highest BCUT2D eigenvalue weighted by Gasteiger charge is 2.44. The van der Waals surface area contributed by atoms with Crippen molar-refractivity contribution in [1.82, 2.24) is 9.80 Å². The zero-order valence-corrected chi connectivity index (χ0v) is 15.8. The second kappa shape index (κ2) is 8.29. The number of rotatable bonds is 6. The Morgan fingerprint density at radius 1 is 1.04 bits per heavy atom. The minimum atomic E-state index is -0.468. The van der Waals surface area contributed by atoms with Crippen LogP contribution in [0.2, 0.25) is 0 Å². The summed E-state index contributed by atoms with van der Waals surface area (Å²) in [7, 11) is 0. The first kappa shape index (κ1) is 18.3. The van der Waals surface area contributed by atoms with Crippen LogP contribution in [-0.2, 0) is 9.53 Å². The van der Waals surface area contributed by atoms with Gasteiger partial charge in [0, 0.05) is 45.2 Å². The number of Topliss-reactive ketones (excluding diaryl/α,β-unsaturated/α-hetero) is 1. The fourth-order valence-corrected chi connectivity index (χ4v) is 4.92. The lowest BCUT2D eigenvalue weighted by atomic mass is 9.92. The van der Waals surface area contributed by atoms with E-state index in [0.717, 1.165) is 31.8 Å². The molecule has 2 heterocycles. The topological polar surface area (TPSA) is 32.8 Å². The van der Waals surface area contributed by atoms with Crippen molar-refractivity contribution in [2.75, 3.05) is 32.7 Å². The summed E-state index contributed by atoms with van der Waals surface area (Å²) in [6.07, 6.45) is 10.5. The predicted molar refractivity (Wildman–Crippen MR) is 97.3 cm³/mol. The fourth-order valence-electron chi connectivity index (χ4n) is 4.92. The quantitative estimate of drug-likeness (QED) is 0.745. The van der Waals surface area contributed by atoms with Gasteiger partial charge in [-0.2, -0.15) is 0 Å². The minimum Gasteiger partial charge on any atom is -0.363 e. The number of hydrogen-bond donors (Lipinski definition) is 0. The van der Waals surface area contributed by atoms with Crippen LogP contribution in [0.3, 0.4) is 0 Å². The standard InChI is InChI=1S/C20H36N2O2/c1-3-20(4-2)19(23)16-18(24-20)10-11-21-12-14-22(15-13-21)17-8-6-5-7-9-17/h17-18H,3-16H2,1-2H3. The molecule has 0 bridgehead atoms. The summed E-state index contributed by atoms with van der Waals surface area (Å²) in [5, 5.41) is 0. The van der Waals surface area contributed by atoms with Gasteiger partial charge >= 0.3 is 0 Å². The molecule has 4 nitrogen and oxygen atoms in total. The van der Waals surface area contributed by atoms with Gasteiger partial charge in [-0.05, 0) is 32.1 Å². The summed E-state index contributed by atoms with van der Waals surface area (Å²) >= 11 is 0. The van der Waals surface area contributed by atoms with Gasteiger partial charge in [0.25, 0.3) is 0 Å². The van der Waals surface area contributed by atoms with Crippen LogP contribution in [0.5, 0.6) is 0 Å². The molecule has 1 unspecified atom stereocenters. The maximum Gasteiger partial charge on any atom is 0.167 e. The van der Waals surface area contributed by atoms with E-state index in [1.165, 1.54) is 58.3 Å². The third kappa shape index (κ3) is 4.03. The molecule has 2 aliphatic heterocycles. The molecule has 4 heteroatoms. The Kier molecular flexibility index (Phi) is 6.33. The van der Waals surface area contributed by atoms with Crippen molar-refractivity contribution >= 4 is 5.78 Å². The monoisotopic (exact) mass is 336 g/mol. The van der Waals surface area contributed by atoms with E-state index < -0.39 is 5.60 Å². The largest absolute Gasteiger partial charge is 0.363 e. The van der Waals surface area contributed by atoms with Gasteiger partial charge in [-0.1, -0.05) is 33.1 Å². The highest BCUT2D eigenvalue weighted by molar-refractivity contribution is 5.89. The van der Waals surface area contributed by atoms with Gasteiger partial charge in [-0.25, -0.2) is 0 Å². The molecule has 3 fully saturated rings. The SMILES string of the molecule is CCC1(CC)OC(CCN2CCN(C3CCCCC3)CC2)CC1=O. The van der Waals surface area contributed by atoms with Gasteiger partial charge in [0.1, 0.15) is 5.60 Å². The molecule has 0 aromatic heterocycles. The number of carbonyl (C=O) groups is 1. The smallest absolute Gasteiger partial charge is 0.167 e. The average Bonchev–Trinajstić information content (AvgIpc) is 2.97. The van der Waals surface area contributed by atoms with Gasteiger partial charge < -0.3 is 9.64 Å². The summed E-state index contributed by atoms with van der Waals surface area (Å²) in [4.78, 5) is 17.6. The van der Waals surface area contributed by atoms with Crippen LogP contribution in [-0.4, -0.2) is 66.1 Å². The molecular formula is C20H36N2O2. The fraction of sp³-hybridized carbons (Fsp3) is 0.950. The van der Waals surface area contributed by atoms with E-state index >= 15 is 0 Å². The molecule has 138 valence electrons. The van der Waals surface area contributed by atoms with Gasteiger partial charge in [-0.3, -0.25) is 9.69 Å². The van der Waals surface area contributed by atoms with Crippen LogP contribution in [0, 0.1) is 0 Å². The summed E-state index contributed by atoms with van der Waals surface area (Å²) in [6, 6.07) is 0.853. The zero-order chi connectivity index (χ0) is 17.0. The third-order valence-electron chi connectivity index (χ3n) is 6.72. The highest BCUT2D eigenvalue weighted by Crippen LogP contribution is 2.34. The van der Waals surface area contributed by atoms with Crippen molar-refractivity contribution in [3.05, 3.63) is 0 Å². The van der Waals surface area contributed by atoms with Crippen LogP contribution in [0.15, 0.2) is 0 Å². The van der Waals surface area contributed by atoms with E-state index in [1.54, 1.807) is 0 Å². The van der Waals surface area contributed by atoms with Gasteiger partial charge in [0.2, 0.25) is 0 Å². The number of nitrogens with zero attached hydrogens (tertiary/aromatic N) is 2. The van der Waals surface area contributed by atoms with Gasteiger partial charge in [0.05, 0.1) is 6.10 Å².